The van der Waals surface area contributed by atoms with Crippen molar-refractivity contribution in [2.75, 3.05) is 78.7 Å². The highest BCUT2D eigenvalue weighted by atomic mass is 32.1. The van der Waals surface area contributed by atoms with Crippen LogP contribution in [0.2, 0.25) is 0 Å². The van der Waals surface area contributed by atoms with Crippen LogP contribution in [0.1, 0.15) is 116 Å². The minimum absolute atomic E-state index is 0.103. The number of phenolic OH excluding ortho intramolecular Hbond substituents is 4. The number of hydrogen-bond acceptors (Lipinski definition) is 19. The summed E-state index contributed by atoms with van der Waals surface area (Å²) in [5.74, 6) is 7.48. The SMILES string of the molecule is CC[C@H]1CCN(CCOc2ccc(Oc3c(C(=O)c4ccc(F)cc4C)sc4cc(O)ccc34)cc2)C1.CC[C@H]1CCN(CCOc2ccc(Oc3c(C(=O)c4ccc(O)cc4C)sc4cc(O)ccc34)cc2)C1.CC[C@H]1CCN(CCOc2ccc(Oc3c(C(=O)c4ccccc4)sc4cc(O)ccc34)cc2)C1. The normalized spacial score (nSPS) is 15.9. The third-order valence-electron chi connectivity index (χ3n) is 20.4. The van der Waals surface area contributed by atoms with E-state index in [4.69, 9.17) is 28.4 Å². The molecule has 3 aliphatic rings. The van der Waals surface area contributed by atoms with E-state index in [2.05, 4.69) is 35.5 Å². The zero-order chi connectivity index (χ0) is 76.1. The van der Waals surface area contributed by atoms with Crippen molar-refractivity contribution in [1.82, 2.24) is 14.7 Å². The first-order valence-electron chi connectivity index (χ1n) is 37.3. The van der Waals surface area contributed by atoms with Gasteiger partial charge in [0.25, 0.3) is 0 Å². The molecule has 564 valence electrons. The zero-order valence-corrected chi connectivity index (χ0v) is 64.3. The number of halogens is 1. The van der Waals surface area contributed by atoms with Gasteiger partial charge < -0.3 is 48.8 Å². The number of aromatic hydroxyl groups is 4. The number of fused-ring (bicyclic) bond motifs is 3. The highest BCUT2D eigenvalue weighted by Gasteiger charge is 2.29. The van der Waals surface area contributed by atoms with Crippen LogP contribution in [0.3, 0.4) is 0 Å². The maximum atomic E-state index is 13.6. The number of ketones is 3. The van der Waals surface area contributed by atoms with Crippen LogP contribution in [0.4, 0.5) is 4.39 Å². The van der Waals surface area contributed by atoms with E-state index in [1.54, 1.807) is 92.7 Å². The Hall–Kier alpha value is -10.3. The quantitative estimate of drug-likeness (QED) is 0.0354. The second-order valence-corrected chi connectivity index (χ2v) is 31.1. The fraction of sp³-hybridized carbons (Fsp3) is 0.292. The van der Waals surface area contributed by atoms with Crippen molar-refractivity contribution < 1.29 is 67.6 Å². The van der Waals surface area contributed by atoms with Crippen LogP contribution in [0.5, 0.6) is 74.7 Å². The summed E-state index contributed by atoms with van der Waals surface area (Å²) in [5.41, 5.74) is 2.73. The number of thiophene rings is 3. The van der Waals surface area contributed by atoms with Gasteiger partial charge in [0.2, 0.25) is 17.3 Å². The van der Waals surface area contributed by atoms with Gasteiger partial charge >= 0.3 is 0 Å². The lowest BCUT2D eigenvalue weighted by Gasteiger charge is -2.16. The van der Waals surface area contributed by atoms with Crippen LogP contribution >= 0.6 is 34.0 Å². The first kappa shape index (κ1) is 76.9. The number of carbonyl (C=O) groups is 3. The molecule has 4 N–H and O–H groups in total. The largest absolute Gasteiger partial charge is 0.508 e. The van der Waals surface area contributed by atoms with Gasteiger partial charge in [0.1, 0.15) is 97.8 Å². The summed E-state index contributed by atoms with van der Waals surface area (Å²) >= 11 is 3.84. The number of nitrogens with zero attached hydrogens (tertiary/aromatic N) is 3. The molecule has 0 saturated carbocycles. The third-order valence-corrected chi connectivity index (χ3v) is 23.8. The van der Waals surface area contributed by atoms with Crippen LogP contribution in [-0.2, 0) is 0 Å². The van der Waals surface area contributed by atoms with Crippen molar-refractivity contribution >= 4 is 81.6 Å². The summed E-state index contributed by atoms with van der Waals surface area (Å²) in [6.45, 7) is 21.9. The maximum absolute atomic E-state index is 13.6. The number of ether oxygens (including phenoxy) is 6. The summed E-state index contributed by atoms with van der Waals surface area (Å²) in [6, 6.07) is 55.2. The van der Waals surface area contributed by atoms with Crippen molar-refractivity contribution in [1.29, 1.82) is 0 Å². The average molecular weight is 1520 g/mol. The number of phenols is 4. The molecule has 0 spiro atoms. The topological polar surface area (TPSA) is 197 Å². The first-order chi connectivity index (χ1) is 52.9. The Balaban J connectivity index is 0.000000144. The van der Waals surface area contributed by atoms with Crippen LogP contribution < -0.4 is 28.4 Å². The van der Waals surface area contributed by atoms with Crippen molar-refractivity contribution in [3.05, 3.63) is 242 Å². The van der Waals surface area contributed by atoms with Crippen molar-refractivity contribution in [3.8, 4) is 74.7 Å². The molecule has 0 bridgehead atoms. The van der Waals surface area contributed by atoms with Gasteiger partial charge in [-0.3, -0.25) is 29.1 Å². The average Bonchev–Trinajstić information content (AvgIpc) is 1.64. The second kappa shape index (κ2) is 35.8. The molecule has 16 nitrogen and oxygen atoms in total. The lowest BCUT2D eigenvalue weighted by atomic mass is 10.0. The Morgan fingerprint density at radius 3 is 1.06 bits per heavy atom. The Labute approximate surface area is 646 Å². The fourth-order valence-corrected chi connectivity index (χ4v) is 17.4. The van der Waals surface area contributed by atoms with E-state index >= 15 is 0 Å². The number of rotatable bonds is 27. The van der Waals surface area contributed by atoms with Crippen LogP contribution in [0.25, 0.3) is 30.3 Å². The van der Waals surface area contributed by atoms with Gasteiger partial charge in [-0.25, -0.2) is 4.39 Å². The molecule has 3 aliphatic heterocycles. The highest BCUT2D eigenvalue weighted by Crippen LogP contribution is 2.47. The van der Waals surface area contributed by atoms with E-state index in [-0.39, 0.29) is 46.2 Å². The van der Waals surface area contributed by atoms with E-state index in [9.17, 15) is 39.2 Å². The van der Waals surface area contributed by atoms with Crippen LogP contribution in [0, 0.1) is 37.4 Å². The number of aryl methyl sites for hydroxylation is 2. The first-order valence-corrected chi connectivity index (χ1v) is 39.8. The molecule has 109 heavy (non-hydrogen) atoms. The van der Waals surface area contributed by atoms with E-state index in [0.717, 1.165) is 118 Å². The van der Waals surface area contributed by atoms with Crippen molar-refractivity contribution in [2.24, 2.45) is 17.8 Å². The smallest absolute Gasteiger partial charge is 0.207 e. The fourth-order valence-electron chi connectivity index (χ4n) is 14.1. The van der Waals surface area contributed by atoms with Gasteiger partial charge in [0, 0.05) is 86.2 Å². The molecule has 0 radical (unpaired) electrons. The standard InChI is InChI=1S/C30H30FNO4S.C30H31NO5S.C29H29NO4S/c1-3-20-12-13-32(18-20)14-15-35-23-6-8-24(9-7-23)36-29-26-11-5-22(33)17-27(26)37-30(29)28(34)25-10-4-21(31)16-19(25)2;1-3-20-12-13-31(18-20)14-15-35-23-6-8-24(9-7-23)36-29-26-11-5-22(33)17-27(26)37-30(29)28(34)25-10-4-21(32)16-19(25)2;1-2-20-14-15-30(19-20)16-17-33-23-9-11-24(12-10-23)34-28-25-13-8-22(31)18-26(25)35-29(28)27(32)21-6-4-3-5-7-21/h4-11,16-17,20,33H,3,12-15,18H2,1-2H3;4-11,16-17,20,32-33H,3,12-15,18H2,1-2H3;3-13,18,20,31H,2,14-17,19H2,1H3/t3*20-/m000/s1. The summed E-state index contributed by atoms with van der Waals surface area (Å²) in [5, 5.41) is 41.9. The maximum Gasteiger partial charge on any atom is 0.207 e. The van der Waals surface area contributed by atoms with E-state index < -0.39 is 0 Å². The number of likely N-dealkylation sites (tertiary alicyclic amines) is 3. The highest BCUT2D eigenvalue weighted by molar-refractivity contribution is 7.22. The number of benzene rings is 9. The summed E-state index contributed by atoms with van der Waals surface area (Å²) in [4.78, 5) is 49.0. The van der Waals surface area contributed by atoms with Gasteiger partial charge in [-0.1, -0.05) is 70.4 Å². The minimum Gasteiger partial charge on any atom is -0.508 e. The second-order valence-electron chi connectivity index (χ2n) is 28.0. The zero-order valence-electron chi connectivity index (χ0n) is 61.8. The molecule has 6 heterocycles. The van der Waals surface area contributed by atoms with Gasteiger partial charge in [-0.05, 0) is 245 Å². The summed E-state index contributed by atoms with van der Waals surface area (Å²) < 4.78 is 52.5. The molecule has 12 aromatic rings. The Morgan fingerprint density at radius 1 is 0.394 bits per heavy atom. The van der Waals surface area contributed by atoms with Crippen LogP contribution in [0.15, 0.2) is 194 Å². The molecule has 0 aliphatic carbocycles. The Kier molecular flexibility index (Phi) is 25.2. The lowest BCUT2D eigenvalue weighted by molar-refractivity contribution is 0.103. The summed E-state index contributed by atoms with van der Waals surface area (Å²) in [6.07, 6.45) is 7.55. The van der Waals surface area contributed by atoms with Crippen molar-refractivity contribution in [3.63, 3.8) is 0 Å². The molecular formula is C89H90FN3O13S3. The van der Waals surface area contributed by atoms with E-state index in [1.807, 2.05) is 91.0 Å². The molecule has 3 fully saturated rings. The van der Waals surface area contributed by atoms with E-state index in [0.29, 0.717) is 96.8 Å². The van der Waals surface area contributed by atoms with Gasteiger partial charge in [-0.2, -0.15) is 0 Å². The monoisotopic (exact) mass is 1520 g/mol. The Morgan fingerprint density at radius 2 is 0.716 bits per heavy atom. The molecule has 3 atom stereocenters. The third kappa shape index (κ3) is 19.2. The minimum atomic E-state index is -0.389. The van der Waals surface area contributed by atoms with Crippen molar-refractivity contribution in [2.45, 2.75) is 73.1 Å². The van der Waals surface area contributed by atoms with Gasteiger partial charge in [0.05, 0.1) is 0 Å². The molecule has 0 amide bonds. The predicted octanol–water partition coefficient (Wildman–Crippen LogP) is 20.7. The van der Waals surface area contributed by atoms with Crippen LogP contribution in [-0.4, -0.2) is 131 Å². The van der Waals surface area contributed by atoms with Gasteiger partial charge in [-0.15, -0.1) is 34.0 Å². The molecule has 3 saturated heterocycles. The molecule has 15 rings (SSSR count). The molecule has 9 aromatic carbocycles. The number of hydrogen-bond donors (Lipinski definition) is 4. The molecule has 3 aromatic heterocycles. The van der Waals surface area contributed by atoms with Gasteiger partial charge in [0.15, 0.2) is 17.2 Å². The Bertz CT molecular complexity index is 4920. The number of carbonyl (C=O) groups excluding carboxylic acids is 3. The molecular weight excluding hydrogens is 1430 g/mol. The van der Waals surface area contributed by atoms with E-state index in [1.165, 1.54) is 103 Å². The predicted molar refractivity (Wildman–Crippen MR) is 432 cm³/mol. The lowest BCUT2D eigenvalue weighted by Crippen LogP contribution is -2.26. The summed E-state index contributed by atoms with van der Waals surface area (Å²) in [7, 11) is 0. The molecule has 0 unspecified atom stereocenters. The molecule has 20 heteroatoms.